The molecule has 21 heavy (non-hydrogen) atoms. The van der Waals surface area contributed by atoms with Crippen molar-refractivity contribution in [3.63, 3.8) is 0 Å². The predicted molar refractivity (Wildman–Crippen MR) is 81.8 cm³/mol. The van der Waals surface area contributed by atoms with E-state index in [0.29, 0.717) is 17.1 Å². The summed E-state index contributed by atoms with van der Waals surface area (Å²) >= 11 is 6.11. The number of hydrogen-bond donors (Lipinski definition) is 2. The van der Waals surface area contributed by atoms with Gasteiger partial charge >= 0.3 is 12.1 Å². The number of ether oxygens (including phenoxy) is 1. The summed E-state index contributed by atoms with van der Waals surface area (Å²) in [5.41, 5.74) is 0.646. The van der Waals surface area contributed by atoms with Gasteiger partial charge < -0.3 is 9.84 Å². The van der Waals surface area contributed by atoms with Crippen LogP contribution in [0.3, 0.4) is 0 Å². The van der Waals surface area contributed by atoms with Gasteiger partial charge in [0.2, 0.25) is 0 Å². The molecule has 2 N–H and O–H groups in total. The molecule has 0 aliphatic heterocycles. The molecule has 1 aromatic carbocycles. The van der Waals surface area contributed by atoms with E-state index in [9.17, 15) is 9.59 Å². The van der Waals surface area contributed by atoms with E-state index in [1.165, 1.54) is 0 Å². The van der Waals surface area contributed by atoms with Gasteiger partial charge in [0.25, 0.3) is 0 Å². The number of benzene rings is 1. The first-order valence-corrected chi connectivity index (χ1v) is 6.97. The van der Waals surface area contributed by atoms with Crippen LogP contribution in [-0.2, 0) is 16.0 Å². The SMILES string of the molecule is CC(Cc1ccc(NC(=O)OC(C)(C)C)cc1Cl)C(=O)O. The Labute approximate surface area is 129 Å². The number of aliphatic carboxylic acids is 1. The highest BCUT2D eigenvalue weighted by atomic mass is 35.5. The van der Waals surface area contributed by atoms with E-state index in [1.54, 1.807) is 45.9 Å². The van der Waals surface area contributed by atoms with Crippen LogP contribution in [-0.4, -0.2) is 22.8 Å². The molecule has 116 valence electrons. The fraction of sp³-hybridized carbons (Fsp3) is 0.467. The molecule has 0 aliphatic carbocycles. The molecule has 1 rings (SSSR count). The summed E-state index contributed by atoms with van der Waals surface area (Å²) in [6, 6.07) is 4.95. The molecule has 0 spiro atoms. The number of amides is 1. The van der Waals surface area contributed by atoms with Gasteiger partial charge in [-0.15, -0.1) is 0 Å². The second-order valence-corrected chi connectivity index (χ2v) is 6.28. The highest BCUT2D eigenvalue weighted by molar-refractivity contribution is 6.31. The Kier molecular flexibility index (Phi) is 5.61. The maximum atomic E-state index is 11.6. The number of nitrogens with one attached hydrogen (secondary N) is 1. The number of carbonyl (C=O) groups excluding carboxylic acids is 1. The van der Waals surface area contributed by atoms with Crippen LogP contribution in [0.1, 0.15) is 33.3 Å². The minimum Gasteiger partial charge on any atom is -0.481 e. The van der Waals surface area contributed by atoms with Crippen LogP contribution in [0.2, 0.25) is 5.02 Å². The second kappa shape index (κ2) is 6.80. The molecule has 0 saturated heterocycles. The smallest absolute Gasteiger partial charge is 0.412 e. The number of halogens is 1. The van der Waals surface area contributed by atoms with Crippen LogP contribution < -0.4 is 5.32 Å². The largest absolute Gasteiger partial charge is 0.481 e. The van der Waals surface area contributed by atoms with Crippen molar-refractivity contribution in [1.82, 2.24) is 0 Å². The van der Waals surface area contributed by atoms with Gasteiger partial charge in [0.05, 0.1) is 5.92 Å². The van der Waals surface area contributed by atoms with Crippen molar-refractivity contribution >= 4 is 29.4 Å². The molecule has 1 amide bonds. The molecule has 0 saturated carbocycles. The van der Waals surface area contributed by atoms with Gasteiger partial charge in [-0.2, -0.15) is 0 Å². The zero-order valence-electron chi connectivity index (χ0n) is 12.6. The minimum absolute atomic E-state index is 0.334. The van der Waals surface area contributed by atoms with E-state index < -0.39 is 23.6 Å². The fourth-order valence-corrected chi connectivity index (χ4v) is 1.89. The van der Waals surface area contributed by atoms with E-state index in [-0.39, 0.29) is 0 Å². The topological polar surface area (TPSA) is 75.6 Å². The first kappa shape index (κ1) is 17.3. The molecule has 6 heteroatoms. The van der Waals surface area contributed by atoms with Crippen molar-refractivity contribution in [2.75, 3.05) is 5.32 Å². The van der Waals surface area contributed by atoms with Gasteiger partial charge in [0, 0.05) is 10.7 Å². The summed E-state index contributed by atoms with van der Waals surface area (Å²) in [6.45, 7) is 6.94. The number of carbonyl (C=O) groups is 2. The highest BCUT2D eigenvalue weighted by Gasteiger charge is 2.17. The predicted octanol–water partition coefficient (Wildman–Crippen LogP) is 3.95. The number of anilines is 1. The summed E-state index contributed by atoms with van der Waals surface area (Å²) in [5, 5.41) is 11.9. The monoisotopic (exact) mass is 313 g/mol. The molecule has 1 atom stereocenters. The molecule has 0 aromatic heterocycles. The van der Waals surface area contributed by atoms with E-state index in [1.807, 2.05) is 0 Å². The molecule has 0 bridgehead atoms. The highest BCUT2D eigenvalue weighted by Crippen LogP contribution is 2.24. The van der Waals surface area contributed by atoms with Gasteiger partial charge in [0.1, 0.15) is 5.60 Å². The van der Waals surface area contributed by atoms with Crippen molar-refractivity contribution in [3.8, 4) is 0 Å². The lowest BCUT2D eigenvalue weighted by molar-refractivity contribution is -0.141. The molecule has 0 aliphatic rings. The number of rotatable bonds is 4. The Morgan fingerprint density at radius 1 is 1.38 bits per heavy atom. The van der Waals surface area contributed by atoms with Crippen LogP contribution in [0.15, 0.2) is 18.2 Å². The summed E-state index contributed by atoms with van der Waals surface area (Å²) in [4.78, 5) is 22.5. The second-order valence-electron chi connectivity index (χ2n) is 5.88. The van der Waals surface area contributed by atoms with Gasteiger partial charge in [-0.3, -0.25) is 10.1 Å². The Morgan fingerprint density at radius 3 is 2.48 bits per heavy atom. The Balaban J connectivity index is 2.74. The van der Waals surface area contributed by atoms with E-state index in [4.69, 9.17) is 21.4 Å². The zero-order chi connectivity index (χ0) is 16.2. The molecule has 1 unspecified atom stereocenters. The average molecular weight is 314 g/mol. The van der Waals surface area contributed by atoms with Crippen LogP contribution in [0.25, 0.3) is 0 Å². The van der Waals surface area contributed by atoms with Crippen molar-refractivity contribution in [2.45, 2.75) is 39.7 Å². The van der Waals surface area contributed by atoms with Crippen LogP contribution >= 0.6 is 11.6 Å². The lowest BCUT2D eigenvalue weighted by atomic mass is 10.0. The third-order valence-corrected chi connectivity index (χ3v) is 3.00. The number of hydrogen-bond acceptors (Lipinski definition) is 3. The molecule has 0 radical (unpaired) electrons. The summed E-state index contributed by atoms with van der Waals surface area (Å²) in [6.07, 6.45) is -0.230. The summed E-state index contributed by atoms with van der Waals surface area (Å²) in [5.74, 6) is -1.39. The van der Waals surface area contributed by atoms with Crippen LogP contribution in [0, 0.1) is 5.92 Å². The molecule has 0 heterocycles. The third-order valence-electron chi connectivity index (χ3n) is 2.65. The molecular weight excluding hydrogens is 294 g/mol. The number of carboxylic acids is 1. The fourth-order valence-electron chi connectivity index (χ4n) is 1.63. The van der Waals surface area contributed by atoms with Gasteiger partial charge in [-0.1, -0.05) is 24.6 Å². The maximum Gasteiger partial charge on any atom is 0.412 e. The lowest BCUT2D eigenvalue weighted by Gasteiger charge is -2.20. The molecule has 5 nitrogen and oxygen atoms in total. The van der Waals surface area contributed by atoms with Crippen molar-refractivity contribution in [2.24, 2.45) is 5.92 Å². The molecule has 1 aromatic rings. The quantitative estimate of drug-likeness (QED) is 0.882. The van der Waals surface area contributed by atoms with Gasteiger partial charge in [-0.25, -0.2) is 4.79 Å². The van der Waals surface area contributed by atoms with Gasteiger partial charge in [0.15, 0.2) is 0 Å². The van der Waals surface area contributed by atoms with Crippen LogP contribution in [0.4, 0.5) is 10.5 Å². The molecular formula is C15H20ClNO4. The standard InChI is InChI=1S/C15H20ClNO4/c1-9(13(18)19)7-10-5-6-11(8-12(10)16)17-14(20)21-15(2,3)4/h5-6,8-9H,7H2,1-4H3,(H,17,20)(H,18,19). The first-order chi connectivity index (χ1) is 9.58. The average Bonchev–Trinajstić information content (AvgIpc) is 2.29. The van der Waals surface area contributed by atoms with Crippen LogP contribution in [0.5, 0.6) is 0 Å². The zero-order valence-corrected chi connectivity index (χ0v) is 13.3. The van der Waals surface area contributed by atoms with Crippen molar-refractivity contribution < 1.29 is 19.4 Å². The minimum atomic E-state index is -0.873. The third kappa shape index (κ3) is 6.04. The number of carboxylic acid groups (broad SMARTS) is 1. The lowest BCUT2D eigenvalue weighted by Crippen LogP contribution is -2.27. The Morgan fingerprint density at radius 2 is 2.00 bits per heavy atom. The molecule has 0 fully saturated rings. The van der Waals surface area contributed by atoms with E-state index in [2.05, 4.69) is 5.32 Å². The van der Waals surface area contributed by atoms with E-state index in [0.717, 1.165) is 5.56 Å². The van der Waals surface area contributed by atoms with E-state index >= 15 is 0 Å². The Bertz CT molecular complexity index is 537. The Hall–Kier alpha value is -1.75. The van der Waals surface area contributed by atoms with Crippen molar-refractivity contribution in [1.29, 1.82) is 0 Å². The normalized spacial score (nSPS) is 12.6. The maximum absolute atomic E-state index is 11.6. The van der Waals surface area contributed by atoms with Gasteiger partial charge in [-0.05, 0) is 44.9 Å². The summed E-state index contributed by atoms with van der Waals surface area (Å²) in [7, 11) is 0. The van der Waals surface area contributed by atoms with Crippen molar-refractivity contribution in [3.05, 3.63) is 28.8 Å². The first-order valence-electron chi connectivity index (χ1n) is 6.59. The summed E-state index contributed by atoms with van der Waals surface area (Å²) < 4.78 is 5.14.